The first-order valence-corrected chi connectivity index (χ1v) is 7.16. The van der Waals surface area contributed by atoms with Gasteiger partial charge in [-0.05, 0) is 36.1 Å². The Balaban J connectivity index is 2.64. The maximum absolute atomic E-state index is 11.2. The van der Waals surface area contributed by atoms with Crippen molar-refractivity contribution in [3.8, 4) is 5.75 Å². The summed E-state index contributed by atoms with van der Waals surface area (Å²) < 4.78 is 5.62. The molecule has 0 saturated carbocycles. The van der Waals surface area contributed by atoms with Gasteiger partial charge in [-0.25, -0.2) is 0 Å². The van der Waals surface area contributed by atoms with Crippen molar-refractivity contribution in [2.24, 2.45) is 5.73 Å². The predicted molar refractivity (Wildman–Crippen MR) is 81.9 cm³/mol. The van der Waals surface area contributed by atoms with E-state index in [-0.39, 0.29) is 12.0 Å². The molecule has 1 amide bonds. The average molecular weight is 278 g/mol. The molecule has 1 unspecified atom stereocenters. The molecule has 0 aliphatic heterocycles. The highest BCUT2D eigenvalue weighted by Gasteiger charge is 2.18. The third kappa shape index (κ3) is 4.53. The number of amides is 1. The Bertz CT molecular complexity index is 427. The van der Waals surface area contributed by atoms with Gasteiger partial charge in [-0.15, -0.1) is 0 Å². The molecular formula is C16H26N2O2. The van der Waals surface area contributed by atoms with Crippen LogP contribution in [-0.2, 0) is 10.2 Å². The van der Waals surface area contributed by atoms with Gasteiger partial charge in [0.15, 0.2) is 0 Å². The fourth-order valence-corrected chi connectivity index (χ4v) is 1.87. The minimum Gasteiger partial charge on any atom is -0.491 e. The molecule has 1 rings (SSSR count). The molecule has 0 aliphatic rings. The van der Waals surface area contributed by atoms with Gasteiger partial charge < -0.3 is 15.8 Å². The molecule has 0 saturated heterocycles. The highest BCUT2D eigenvalue weighted by atomic mass is 16.5. The molecule has 0 aromatic heterocycles. The van der Waals surface area contributed by atoms with Crippen LogP contribution in [0.2, 0.25) is 0 Å². The standard InChI is InChI=1S/C16H26N2O2/c1-5-16(3,4)12-7-9-13(10-8-12)20-11-14(15(17)19)18-6-2/h7-10,14,18H,5-6,11H2,1-4H3,(H2,17,19). The second kappa shape index (κ2) is 7.29. The van der Waals surface area contributed by atoms with Crippen LogP contribution in [0.5, 0.6) is 5.75 Å². The third-order valence-electron chi connectivity index (χ3n) is 3.73. The minimum absolute atomic E-state index is 0.165. The zero-order valence-corrected chi connectivity index (χ0v) is 12.9. The third-order valence-corrected chi connectivity index (χ3v) is 3.73. The van der Waals surface area contributed by atoms with E-state index in [4.69, 9.17) is 10.5 Å². The second-order valence-electron chi connectivity index (χ2n) is 5.59. The van der Waals surface area contributed by atoms with Gasteiger partial charge >= 0.3 is 0 Å². The fraction of sp³-hybridized carbons (Fsp3) is 0.562. The number of nitrogens with two attached hydrogens (primary N) is 1. The van der Waals surface area contributed by atoms with Gasteiger partial charge in [-0.1, -0.05) is 39.8 Å². The minimum atomic E-state index is -0.452. The average Bonchev–Trinajstić information content (AvgIpc) is 2.43. The van der Waals surface area contributed by atoms with E-state index in [1.165, 1.54) is 5.56 Å². The van der Waals surface area contributed by atoms with E-state index in [1.54, 1.807) is 0 Å². The Morgan fingerprint density at radius 3 is 2.35 bits per heavy atom. The molecule has 1 aromatic carbocycles. The molecule has 0 bridgehead atoms. The van der Waals surface area contributed by atoms with E-state index in [1.807, 2.05) is 19.1 Å². The molecule has 3 N–H and O–H groups in total. The van der Waals surface area contributed by atoms with Crippen molar-refractivity contribution < 1.29 is 9.53 Å². The maximum Gasteiger partial charge on any atom is 0.238 e. The van der Waals surface area contributed by atoms with E-state index < -0.39 is 11.9 Å². The monoisotopic (exact) mass is 278 g/mol. The molecule has 0 radical (unpaired) electrons. The van der Waals surface area contributed by atoms with Crippen molar-refractivity contribution in [1.29, 1.82) is 0 Å². The Morgan fingerprint density at radius 2 is 1.90 bits per heavy atom. The van der Waals surface area contributed by atoms with Crippen LogP contribution in [0.15, 0.2) is 24.3 Å². The van der Waals surface area contributed by atoms with Crippen molar-refractivity contribution >= 4 is 5.91 Å². The molecule has 1 aromatic rings. The number of primary amides is 1. The number of carbonyl (C=O) groups is 1. The molecule has 0 spiro atoms. The normalized spacial score (nSPS) is 13.0. The Labute approximate surface area is 121 Å². The summed E-state index contributed by atoms with van der Waals surface area (Å²) in [5.74, 6) is 0.361. The number of nitrogens with one attached hydrogen (secondary N) is 1. The highest BCUT2D eigenvalue weighted by molar-refractivity contribution is 5.80. The van der Waals surface area contributed by atoms with Crippen LogP contribution in [0.4, 0.5) is 0 Å². The van der Waals surface area contributed by atoms with E-state index in [0.717, 1.165) is 12.2 Å². The summed E-state index contributed by atoms with van der Waals surface area (Å²) >= 11 is 0. The lowest BCUT2D eigenvalue weighted by Crippen LogP contribution is -2.45. The molecule has 20 heavy (non-hydrogen) atoms. The van der Waals surface area contributed by atoms with Crippen LogP contribution < -0.4 is 15.8 Å². The van der Waals surface area contributed by atoms with Gasteiger partial charge in [0.25, 0.3) is 0 Å². The van der Waals surface area contributed by atoms with Gasteiger partial charge in [0.05, 0.1) is 0 Å². The Hall–Kier alpha value is -1.55. The molecule has 4 nitrogen and oxygen atoms in total. The lowest BCUT2D eigenvalue weighted by molar-refractivity contribution is -0.120. The summed E-state index contributed by atoms with van der Waals surface area (Å²) in [7, 11) is 0. The van der Waals surface area contributed by atoms with Crippen LogP contribution in [0.3, 0.4) is 0 Å². The van der Waals surface area contributed by atoms with Gasteiger partial charge in [-0.3, -0.25) is 4.79 Å². The number of rotatable bonds is 8. The Morgan fingerprint density at radius 1 is 1.30 bits per heavy atom. The first-order valence-electron chi connectivity index (χ1n) is 7.16. The summed E-state index contributed by atoms with van der Waals surface area (Å²) in [6.07, 6.45) is 1.08. The summed E-state index contributed by atoms with van der Waals surface area (Å²) in [5, 5.41) is 3.00. The number of likely N-dealkylation sites (N-methyl/N-ethyl adjacent to an activating group) is 1. The highest BCUT2D eigenvalue weighted by Crippen LogP contribution is 2.27. The maximum atomic E-state index is 11.2. The van der Waals surface area contributed by atoms with E-state index in [2.05, 4.69) is 38.2 Å². The van der Waals surface area contributed by atoms with Crippen LogP contribution in [0, 0.1) is 0 Å². The fourth-order valence-electron chi connectivity index (χ4n) is 1.87. The van der Waals surface area contributed by atoms with Gasteiger partial charge in [0.2, 0.25) is 5.91 Å². The van der Waals surface area contributed by atoms with Gasteiger partial charge in [0, 0.05) is 0 Å². The number of hydrogen-bond acceptors (Lipinski definition) is 3. The first-order chi connectivity index (χ1) is 9.40. The summed E-state index contributed by atoms with van der Waals surface area (Å²) in [6.45, 7) is 9.48. The SMILES string of the molecule is CCNC(COc1ccc(C(C)(C)CC)cc1)C(N)=O. The van der Waals surface area contributed by atoms with Crippen molar-refractivity contribution in [3.63, 3.8) is 0 Å². The van der Waals surface area contributed by atoms with Crippen LogP contribution in [-0.4, -0.2) is 25.1 Å². The molecule has 0 aliphatic carbocycles. The molecule has 0 heterocycles. The van der Waals surface area contributed by atoms with Crippen LogP contribution in [0.25, 0.3) is 0 Å². The molecule has 1 atom stereocenters. The second-order valence-corrected chi connectivity index (χ2v) is 5.59. The van der Waals surface area contributed by atoms with E-state index >= 15 is 0 Å². The lowest BCUT2D eigenvalue weighted by atomic mass is 9.82. The number of hydrogen-bond donors (Lipinski definition) is 2. The quantitative estimate of drug-likeness (QED) is 0.766. The van der Waals surface area contributed by atoms with Crippen molar-refractivity contribution in [2.45, 2.75) is 45.6 Å². The number of carbonyl (C=O) groups excluding carboxylic acids is 1. The zero-order chi connectivity index (χ0) is 15.2. The van der Waals surface area contributed by atoms with Gasteiger partial charge in [-0.2, -0.15) is 0 Å². The Kier molecular flexibility index (Phi) is 6.02. The predicted octanol–water partition coefficient (Wildman–Crippen LogP) is 2.22. The van der Waals surface area contributed by atoms with Crippen molar-refractivity contribution in [3.05, 3.63) is 29.8 Å². The summed E-state index contributed by atoms with van der Waals surface area (Å²) in [5.41, 5.74) is 6.75. The lowest BCUT2D eigenvalue weighted by Gasteiger charge is -2.23. The topological polar surface area (TPSA) is 64.3 Å². The molecule has 0 fully saturated rings. The van der Waals surface area contributed by atoms with Crippen LogP contribution in [0.1, 0.15) is 39.7 Å². The molecule has 4 heteroatoms. The summed E-state index contributed by atoms with van der Waals surface area (Å²) in [6, 6.07) is 7.58. The smallest absolute Gasteiger partial charge is 0.238 e. The van der Waals surface area contributed by atoms with Gasteiger partial charge in [0.1, 0.15) is 18.4 Å². The van der Waals surface area contributed by atoms with E-state index in [9.17, 15) is 4.79 Å². The first kappa shape index (κ1) is 16.5. The largest absolute Gasteiger partial charge is 0.491 e. The number of ether oxygens (including phenoxy) is 1. The van der Waals surface area contributed by atoms with Crippen molar-refractivity contribution in [1.82, 2.24) is 5.32 Å². The number of benzene rings is 1. The molecule has 112 valence electrons. The molecular weight excluding hydrogens is 252 g/mol. The van der Waals surface area contributed by atoms with Crippen molar-refractivity contribution in [2.75, 3.05) is 13.2 Å². The zero-order valence-electron chi connectivity index (χ0n) is 12.9. The summed E-state index contributed by atoms with van der Waals surface area (Å²) in [4.78, 5) is 11.2. The van der Waals surface area contributed by atoms with E-state index in [0.29, 0.717) is 6.54 Å². The van der Waals surface area contributed by atoms with Crippen LogP contribution >= 0.6 is 0 Å².